The van der Waals surface area contributed by atoms with Crippen molar-refractivity contribution in [1.82, 2.24) is 20.0 Å². The van der Waals surface area contributed by atoms with Crippen molar-refractivity contribution < 1.29 is 37.3 Å². The van der Waals surface area contributed by atoms with Gasteiger partial charge >= 0.3 is 5.97 Å². The van der Waals surface area contributed by atoms with E-state index in [-0.39, 0.29) is 42.0 Å². The molecular formula is C37H46F2N4O6. The summed E-state index contributed by atoms with van der Waals surface area (Å²) in [7, 11) is 1.25. The lowest BCUT2D eigenvalue weighted by Crippen LogP contribution is -2.55. The standard InChI is InChI=1S/C37H46F2N4O6/c1-8-47-37(48-9-2,27-13-11-10-12-14-27)42(25(5)6)18-17-31(36(45)46-7)41-35(44)29-21-32-26(22-40-43(32)23-24(3)4)19-34(29)49-33-16-15-28(38)20-30(33)39/h10-16,19-22,24-25,31H,8-9,17-18,23H2,1-7H3,(H,41,44). The summed E-state index contributed by atoms with van der Waals surface area (Å²) in [6, 6.07) is 14.4. The predicted octanol–water partition coefficient (Wildman–Crippen LogP) is 7.02. The van der Waals surface area contributed by atoms with Crippen molar-refractivity contribution in [1.29, 1.82) is 0 Å². The van der Waals surface area contributed by atoms with Gasteiger partial charge in [0.1, 0.15) is 17.6 Å². The third kappa shape index (κ3) is 8.80. The number of benzene rings is 3. The maximum atomic E-state index is 14.7. The molecule has 0 fully saturated rings. The Morgan fingerprint density at radius 1 is 0.959 bits per heavy atom. The number of methoxy groups -OCH3 is 1. The van der Waals surface area contributed by atoms with E-state index >= 15 is 0 Å². The van der Waals surface area contributed by atoms with E-state index in [1.54, 1.807) is 23.0 Å². The average Bonchev–Trinajstić information content (AvgIpc) is 3.45. The Bertz CT molecular complexity index is 1710. The Morgan fingerprint density at radius 2 is 1.65 bits per heavy atom. The molecule has 0 saturated heterocycles. The van der Waals surface area contributed by atoms with Crippen LogP contribution >= 0.6 is 0 Å². The number of fused-ring (bicyclic) bond motifs is 1. The first-order chi connectivity index (χ1) is 23.4. The van der Waals surface area contributed by atoms with E-state index in [0.717, 1.165) is 17.7 Å². The largest absolute Gasteiger partial charge is 0.467 e. The van der Waals surface area contributed by atoms with Gasteiger partial charge in [-0.3, -0.25) is 9.48 Å². The van der Waals surface area contributed by atoms with Crippen molar-refractivity contribution in [3.05, 3.63) is 89.6 Å². The molecule has 1 amide bonds. The number of rotatable bonds is 17. The minimum atomic E-state index is -1.26. The number of carbonyl (C=O) groups is 2. The Morgan fingerprint density at radius 3 is 2.24 bits per heavy atom. The van der Waals surface area contributed by atoms with E-state index in [9.17, 15) is 18.4 Å². The van der Waals surface area contributed by atoms with Crippen LogP contribution in [0.2, 0.25) is 0 Å². The lowest BCUT2D eigenvalue weighted by molar-refractivity contribution is -0.334. The third-order valence-corrected chi connectivity index (χ3v) is 7.91. The molecule has 1 atom stereocenters. The van der Waals surface area contributed by atoms with Gasteiger partial charge < -0.3 is 24.3 Å². The maximum absolute atomic E-state index is 14.7. The van der Waals surface area contributed by atoms with Crippen LogP contribution in [0.4, 0.5) is 8.78 Å². The Hall–Kier alpha value is -4.39. The van der Waals surface area contributed by atoms with Crippen molar-refractivity contribution in [3.63, 3.8) is 0 Å². The van der Waals surface area contributed by atoms with Gasteiger partial charge in [0.25, 0.3) is 11.8 Å². The highest BCUT2D eigenvalue weighted by atomic mass is 19.1. The van der Waals surface area contributed by atoms with Crippen LogP contribution in [0.15, 0.2) is 66.9 Å². The van der Waals surface area contributed by atoms with Gasteiger partial charge in [-0.1, -0.05) is 44.2 Å². The topological polar surface area (TPSA) is 104 Å². The molecule has 0 saturated carbocycles. The third-order valence-electron chi connectivity index (χ3n) is 7.91. The van der Waals surface area contributed by atoms with Crippen LogP contribution in [-0.4, -0.2) is 65.5 Å². The van der Waals surface area contributed by atoms with E-state index in [4.69, 9.17) is 18.9 Å². The lowest BCUT2D eigenvalue weighted by Gasteiger charge is -2.45. The molecule has 1 aromatic heterocycles. The summed E-state index contributed by atoms with van der Waals surface area (Å²) in [5, 5.41) is 7.93. The van der Waals surface area contributed by atoms with Gasteiger partial charge in [0.15, 0.2) is 11.6 Å². The second-order valence-corrected chi connectivity index (χ2v) is 12.2. The van der Waals surface area contributed by atoms with Crippen LogP contribution in [0.5, 0.6) is 11.5 Å². The van der Waals surface area contributed by atoms with E-state index in [0.29, 0.717) is 36.7 Å². The molecule has 10 nitrogen and oxygen atoms in total. The number of nitrogens with one attached hydrogen (secondary N) is 1. The molecule has 0 aliphatic carbocycles. The van der Waals surface area contributed by atoms with Gasteiger partial charge in [-0.25, -0.2) is 18.5 Å². The molecule has 0 bridgehead atoms. The van der Waals surface area contributed by atoms with Crippen molar-refractivity contribution >= 4 is 22.8 Å². The molecule has 1 unspecified atom stereocenters. The second-order valence-electron chi connectivity index (χ2n) is 12.2. The van der Waals surface area contributed by atoms with Crippen LogP contribution in [0, 0.1) is 17.6 Å². The van der Waals surface area contributed by atoms with Gasteiger partial charge in [0, 0.05) is 49.4 Å². The molecule has 4 rings (SSSR count). The minimum Gasteiger partial charge on any atom is -0.467 e. The highest BCUT2D eigenvalue weighted by Crippen LogP contribution is 2.35. The minimum absolute atomic E-state index is 0.00261. The van der Waals surface area contributed by atoms with Crippen LogP contribution < -0.4 is 10.1 Å². The predicted molar refractivity (Wildman–Crippen MR) is 182 cm³/mol. The Kier molecular flexibility index (Phi) is 12.8. The molecule has 0 aliphatic heterocycles. The number of hydrogen-bond acceptors (Lipinski definition) is 8. The first-order valence-electron chi connectivity index (χ1n) is 16.5. The number of halogens is 2. The number of amides is 1. The van der Waals surface area contributed by atoms with E-state index < -0.39 is 35.5 Å². The molecule has 12 heteroatoms. The monoisotopic (exact) mass is 680 g/mol. The Balaban J connectivity index is 1.71. The zero-order chi connectivity index (χ0) is 35.7. The fraction of sp³-hybridized carbons (Fsp3) is 0.432. The fourth-order valence-corrected chi connectivity index (χ4v) is 5.76. The van der Waals surface area contributed by atoms with Gasteiger partial charge in [-0.05, 0) is 64.3 Å². The van der Waals surface area contributed by atoms with Crippen LogP contribution in [0.25, 0.3) is 10.9 Å². The zero-order valence-corrected chi connectivity index (χ0v) is 29.2. The first-order valence-corrected chi connectivity index (χ1v) is 16.5. The van der Waals surface area contributed by atoms with Gasteiger partial charge in [0.05, 0.1) is 24.4 Å². The van der Waals surface area contributed by atoms with Crippen LogP contribution in [0.1, 0.15) is 63.9 Å². The van der Waals surface area contributed by atoms with Gasteiger partial charge in [0.2, 0.25) is 0 Å². The molecular weight excluding hydrogens is 634 g/mol. The van der Waals surface area contributed by atoms with Crippen molar-refractivity contribution in [2.45, 2.75) is 72.5 Å². The first kappa shape index (κ1) is 37.4. The van der Waals surface area contributed by atoms with Crippen molar-refractivity contribution in [2.75, 3.05) is 26.9 Å². The molecule has 49 heavy (non-hydrogen) atoms. The number of ether oxygens (including phenoxy) is 4. The number of carbonyl (C=O) groups excluding carboxylic acids is 2. The molecule has 3 aromatic carbocycles. The summed E-state index contributed by atoms with van der Waals surface area (Å²) in [5.74, 6) is -4.30. The zero-order valence-electron chi connectivity index (χ0n) is 29.2. The molecule has 0 radical (unpaired) electrons. The van der Waals surface area contributed by atoms with Crippen molar-refractivity contribution in [2.24, 2.45) is 5.92 Å². The smallest absolute Gasteiger partial charge is 0.328 e. The molecule has 1 N–H and O–H groups in total. The summed E-state index contributed by atoms with van der Waals surface area (Å²) < 4.78 is 53.8. The number of hydrogen-bond donors (Lipinski definition) is 1. The summed E-state index contributed by atoms with van der Waals surface area (Å²) >= 11 is 0. The summed E-state index contributed by atoms with van der Waals surface area (Å²) in [4.78, 5) is 29.3. The maximum Gasteiger partial charge on any atom is 0.328 e. The van der Waals surface area contributed by atoms with E-state index in [1.807, 2.05) is 76.8 Å². The van der Waals surface area contributed by atoms with Gasteiger partial charge in [-0.2, -0.15) is 5.10 Å². The molecule has 1 heterocycles. The van der Waals surface area contributed by atoms with E-state index in [2.05, 4.69) is 10.4 Å². The SMILES string of the molecule is CCOC(OCC)(c1ccccc1)N(CCC(NC(=O)c1cc2c(cnn2CC(C)C)cc1Oc1ccc(F)cc1F)C(=O)OC)C(C)C. The Labute approximate surface area is 286 Å². The molecule has 264 valence electrons. The molecule has 0 aliphatic rings. The number of nitrogens with zero attached hydrogens (tertiary/aromatic N) is 3. The normalized spacial score (nSPS) is 12.6. The lowest BCUT2D eigenvalue weighted by atomic mass is 10.1. The second kappa shape index (κ2) is 16.8. The van der Waals surface area contributed by atoms with Gasteiger partial charge in [-0.15, -0.1) is 0 Å². The fourth-order valence-electron chi connectivity index (χ4n) is 5.76. The highest BCUT2D eigenvalue weighted by Gasteiger charge is 2.43. The average molecular weight is 681 g/mol. The summed E-state index contributed by atoms with van der Waals surface area (Å²) in [6.45, 7) is 13.4. The van der Waals surface area contributed by atoms with E-state index in [1.165, 1.54) is 7.11 Å². The summed E-state index contributed by atoms with van der Waals surface area (Å²) in [5.41, 5.74) is 1.46. The molecule has 0 spiro atoms. The number of aromatic nitrogens is 2. The highest BCUT2D eigenvalue weighted by molar-refractivity contribution is 6.02. The summed E-state index contributed by atoms with van der Waals surface area (Å²) in [6.07, 6.45) is 1.75. The quantitative estimate of drug-likeness (QED) is 0.0938. The van der Waals surface area contributed by atoms with Crippen LogP contribution in [0.3, 0.4) is 0 Å². The van der Waals surface area contributed by atoms with Crippen molar-refractivity contribution in [3.8, 4) is 11.5 Å². The van der Waals surface area contributed by atoms with Crippen LogP contribution in [-0.2, 0) is 31.5 Å². The molecule has 4 aromatic rings. The number of esters is 1.